The number of rotatable bonds is 8. The Hall–Kier alpha value is -1.94. The molecule has 0 fully saturated rings. The fourth-order valence-corrected chi connectivity index (χ4v) is 4.29. The first-order valence-electron chi connectivity index (χ1n) is 9.82. The summed E-state index contributed by atoms with van der Waals surface area (Å²) >= 11 is 1.84. The zero-order valence-electron chi connectivity index (χ0n) is 16.3. The van der Waals surface area contributed by atoms with Gasteiger partial charge in [0.05, 0.1) is 0 Å². The van der Waals surface area contributed by atoms with Crippen molar-refractivity contribution in [2.24, 2.45) is 0 Å². The molecule has 4 heteroatoms. The third-order valence-corrected chi connectivity index (χ3v) is 5.95. The lowest BCUT2D eigenvalue weighted by Gasteiger charge is -2.22. The summed E-state index contributed by atoms with van der Waals surface area (Å²) in [6.07, 6.45) is 4.14. The molecule has 0 saturated carbocycles. The molecular formula is C23H29NO2S. The molecule has 1 amide bonds. The quantitative estimate of drug-likeness (QED) is 0.672. The fourth-order valence-electron chi connectivity index (χ4n) is 3.48. The number of thioether (sulfide) groups is 1. The zero-order chi connectivity index (χ0) is 19.1. The van der Waals surface area contributed by atoms with Crippen LogP contribution >= 0.6 is 11.8 Å². The van der Waals surface area contributed by atoms with E-state index in [1.165, 1.54) is 35.1 Å². The lowest BCUT2D eigenvalue weighted by Crippen LogP contribution is -2.37. The van der Waals surface area contributed by atoms with Crippen LogP contribution in [0.1, 0.15) is 42.0 Å². The van der Waals surface area contributed by atoms with Crippen LogP contribution in [0, 0.1) is 6.92 Å². The molecule has 1 atom stereocenters. The molecule has 1 N–H and O–H groups in total. The Balaban J connectivity index is 1.41. The van der Waals surface area contributed by atoms with Crippen molar-refractivity contribution in [1.29, 1.82) is 0 Å². The summed E-state index contributed by atoms with van der Waals surface area (Å²) in [6, 6.07) is 14.8. The molecule has 27 heavy (non-hydrogen) atoms. The summed E-state index contributed by atoms with van der Waals surface area (Å²) in [5.74, 6) is 2.70. The van der Waals surface area contributed by atoms with Gasteiger partial charge in [-0.15, -0.1) is 0 Å². The molecule has 0 spiro atoms. The lowest BCUT2D eigenvalue weighted by atomic mass is 9.91. The van der Waals surface area contributed by atoms with Gasteiger partial charge in [0.1, 0.15) is 5.75 Å². The van der Waals surface area contributed by atoms with Crippen molar-refractivity contribution in [2.75, 3.05) is 12.3 Å². The van der Waals surface area contributed by atoms with E-state index in [2.05, 4.69) is 42.6 Å². The summed E-state index contributed by atoms with van der Waals surface area (Å²) < 4.78 is 6.00. The van der Waals surface area contributed by atoms with Gasteiger partial charge in [0.2, 0.25) is 0 Å². The van der Waals surface area contributed by atoms with Crippen LogP contribution < -0.4 is 10.1 Å². The van der Waals surface area contributed by atoms with E-state index in [1.807, 2.05) is 30.8 Å². The minimum atomic E-state index is -0.472. The number of amides is 1. The van der Waals surface area contributed by atoms with Crippen LogP contribution in [0.25, 0.3) is 0 Å². The summed E-state index contributed by atoms with van der Waals surface area (Å²) in [5, 5.41) is 3.00. The molecular weight excluding hydrogens is 354 g/mol. The minimum Gasteiger partial charge on any atom is -0.481 e. The van der Waals surface area contributed by atoms with Gasteiger partial charge in [-0.2, -0.15) is 11.8 Å². The maximum Gasteiger partial charge on any atom is 0.260 e. The van der Waals surface area contributed by atoms with Crippen LogP contribution in [0.2, 0.25) is 0 Å². The summed E-state index contributed by atoms with van der Waals surface area (Å²) in [5.41, 5.74) is 5.28. The van der Waals surface area contributed by atoms with Crippen LogP contribution in [0.3, 0.4) is 0 Å². The van der Waals surface area contributed by atoms with Gasteiger partial charge in [-0.05, 0) is 62.3 Å². The molecule has 3 rings (SSSR count). The number of nitrogens with one attached hydrogen (secondary N) is 1. The zero-order valence-corrected chi connectivity index (χ0v) is 17.1. The highest BCUT2D eigenvalue weighted by molar-refractivity contribution is 7.98. The van der Waals surface area contributed by atoms with Gasteiger partial charge in [-0.25, -0.2) is 0 Å². The first-order chi connectivity index (χ1) is 13.1. The van der Waals surface area contributed by atoms with E-state index in [4.69, 9.17) is 4.74 Å². The van der Waals surface area contributed by atoms with Crippen molar-refractivity contribution in [3.05, 3.63) is 64.7 Å². The van der Waals surface area contributed by atoms with Crippen molar-refractivity contribution >= 4 is 17.7 Å². The largest absolute Gasteiger partial charge is 0.481 e. The Morgan fingerprint density at radius 3 is 2.85 bits per heavy atom. The van der Waals surface area contributed by atoms with Crippen LogP contribution in [-0.4, -0.2) is 24.3 Å². The molecule has 0 aromatic heterocycles. The first-order valence-corrected chi connectivity index (χ1v) is 11.0. The highest BCUT2D eigenvalue weighted by Crippen LogP contribution is 2.30. The summed E-state index contributed by atoms with van der Waals surface area (Å²) in [4.78, 5) is 12.3. The second kappa shape index (κ2) is 9.84. The average Bonchev–Trinajstić information content (AvgIpc) is 2.68. The number of fused-ring (bicyclic) bond motifs is 1. The number of carbonyl (C=O) groups excluding carboxylic acids is 1. The van der Waals surface area contributed by atoms with Gasteiger partial charge in [0.25, 0.3) is 5.91 Å². The van der Waals surface area contributed by atoms with E-state index < -0.39 is 6.10 Å². The number of ether oxygens (including phenoxy) is 1. The van der Waals surface area contributed by atoms with Crippen LogP contribution in [0.15, 0.2) is 42.5 Å². The molecule has 0 saturated heterocycles. The molecule has 1 aliphatic carbocycles. The van der Waals surface area contributed by atoms with Crippen molar-refractivity contribution in [3.8, 4) is 5.75 Å². The van der Waals surface area contributed by atoms with Gasteiger partial charge in [-0.1, -0.05) is 42.0 Å². The van der Waals surface area contributed by atoms with Crippen molar-refractivity contribution in [1.82, 2.24) is 5.32 Å². The monoisotopic (exact) mass is 383 g/mol. The third kappa shape index (κ3) is 5.77. The van der Waals surface area contributed by atoms with Gasteiger partial charge < -0.3 is 10.1 Å². The summed E-state index contributed by atoms with van der Waals surface area (Å²) in [6.45, 7) is 4.60. The Morgan fingerprint density at radius 1 is 1.19 bits per heavy atom. The van der Waals surface area contributed by atoms with E-state index in [0.717, 1.165) is 30.1 Å². The molecule has 0 bridgehead atoms. The molecule has 3 nitrogen and oxygen atoms in total. The Labute approximate surface area is 166 Å². The molecule has 0 aliphatic heterocycles. The number of benzene rings is 2. The third-order valence-electron chi connectivity index (χ3n) is 4.92. The molecule has 0 unspecified atom stereocenters. The second-order valence-electron chi connectivity index (χ2n) is 7.19. The maximum absolute atomic E-state index is 12.3. The maximum atomic E-state index is 12.3. The molecule has 0 radical (unpaired) electrons. The van der Waals surface area contributed by atoms with E-state index in [1.54, 1.807) is 0 Å². The smallest absolute Gasteiger partial charge is 0.260 e. The topological polar surface area (TPSA) is 38.3 Å². The van der Waals surface area contributed by atoms with Gasteiger partial charge in [0.15, 0.2) is 6.10 Å². The Bertz CT molecular complexity index is 775. The number of hydrogen-bond acceptors (Lipinski definition) is 3. The molecule has 2 aromatic rings. The predicted molar refractivity (Wildman–Crippen MR) is 114 cm³/mol. The van der Waals surface area contributed by atoms with Gasteiger partial charge in [0, 0.05) is 18.1 Å². The minimum absolute atomic E-state index is 0.0421. The molecule has 2 aromatic carbocycles. The number of aryl methyl sites for hydroxylation is 2. The van der Waals surface area contributed by atoms with Crippen molar-refractivity contribution in [2.45, 2.75) is 51.4 Å². The van der Waals surface area contributed by atoms with Gasteiger partial charge >= 0.3 is 0 Å². The second-order valence-corrected chi connectivity index (χ2v) is 8.30. The van der Waals surface area contributed by atoms with Crippen LogP contribution in [0.5, 0.6) is 5.75 Å². The summed E-state index contributed by atoms with van der Waals surface area (Å²) in [7, 11) is 0. The van der Waals surface area contributed by atoms with Gasteiger partial charge in [-0.3, -0.25) is 4.79 Å². The SMILES string of the molecule is Cc1cccc(CSCCNC(=O)[C@@H](C)Oc2cccc3c2CCCC3)c1. The average molecular weight is 384 g/mol. The molecule has 0 heterocycles. The standard InChI is InChI=1S/C23H29NO2S/c1-17-7-5-8-19(15-17)16-27-14-13-24-23(25)18(2)26-22-12-6-10-20-9-3-4-11-21(20)22/h5-8,10,12,15,18H,3-4,9,11,13-14,16H2,1-2H3,(H,24,25)/t18-/m1/s1. The number of hydrogen-bond donors (Lipinski definition) is 1. The predicted octanol–water partition coefficient (Wildman–Crippen LogP) is 4.69. The van der Waals surface area contributed by atoms with E-state index in [9.17, 15) is 4.79 Å². The normalized spacial score (nSPS) is 14.3. The first kappa shape index (κ1) is 19.8. The van der Waals surface area contributed by atoms with Crippen LogP contribution in [-0.2, 0) is 23.4 Å². The van der Waals surface area contributed by atoms with E-state index in [0.29, 0.717) is 6.54 Å². The number of carbonyl (C=O) groups is 1. The Kier molecular flexibility index (Phi) is 7.22. The van der Waals surface area contributed by atoms with E-state index >= 15 is 0 Å². The van der Waals surface area contributed by atoms with Crippen molar-refractivity contribution < 1.29 is 9.53 Å². The lowest BCUT2D eigenvalue weighted by molar-refractivity contribution is -0.127. The highest BCUT2D eigenvalue weighted by Gasteiger charge is 2.19. The molecule has 144 valence electrons. The van der Waals surface area contributed by atoms with Crippen molar-refractivity contribution in [3.63, 3.8) is 0 Å². The van der Waals surface area contributed by atoms with Crippen LogP contribution in [0.4, 0.5) is 0 Å². The highest BCUT2D eigenvalue weighted by atomic mass is 32.2. The molecule has 1 aliphatic rings. The van der Waals surface area contributed by atoms with E-state index in [-0.39, 0.29) is 5.91 Å². The Morgan fingerprint density at radius 2 is 2.00 bits per heavy atom. The fraction of sp³-hybridized carbons (Fsp3) is 0.435.